The summed E-state index contributed by atoms with van der Waals surface area (Å²) in [6.45, 7) is 2.41. The second-order valence-electron chi connectivity index (χ2n) is 6.54. The number of hydrogen-bond donors (Lipinski definition) is 2. The molecule has 0 fully saturated rings. The minimum atomic E-state index is -1.02. The number of carboxylic acids is 1. The number of rotatable bonds is 8. The summed E-state index contributed by atoms with van der Waals surface area (Å²) >= 11 is 5.09. The van der Waals surface area contributed by atoms with E-state index in [9.17, 15) is 9.59 Å². The van der Waals surface area contributed by atoms with E-state index in [1.165, 1.54) is 11.8 Å². The number of carboxylic acid groups (broad SMARTS) is 1. The molecular formula is C21H20N4O4S. The Labute approximate surface area is 177 Å². The highest BCUT2D eigenvalue weighted by atomic mass is 32.1. The van der Waals surface area contributed by atoms with E-state index in [0.717, 1.165) is 10.2 Å². The lowest BCUT2D eigenvalue weighted by Gasteiger charge is -2.09. The molecule has 30 heavy (non-hydrogen) atoms. The molecule has 0 spiro atoms. The van der Waals surface area contributed by atoms with Crippen molar-refractivity contribution in [1.29, 1.82) is 0 Å². The molecular weight excluding hydrogens is 404 g/mol. The first-order valence-corrected chi connectivity index (χ1v) is 9.59. The van der Waals surface area contributed by atoms with Crippen molar-refractivity contribution >= 4 is 24.4 Å². The van der Waals surface area contributed by atoms with Crippen LogP contribution < -0.4 is 10.3 Å². The van der Waals surface area contributed by atoms with Crippen LogP contribution in [0.25, 0.3) is 0 Å². The van der Waals surface area contributed by atoms with E-state index >= 15 is 0 Å². The summed E-state index contributed by atoms with van der Waals surface area (Å²) in [5.74, 6) is -0.418. The zero-order chi connectivity index (χ0) is 21.5. The number of aryl methyl sites for hydroxylation is 2. The molecule has 0 bridgehead atoms. The smallest absolute Gasteiger partial charge is 0.303 e. The Balaban J connectivity index is 1.82. The van der Waals surface area contributed by atoms with Crippen molar-refractivity contribution in [1.82, 2.24) is 14.9 Å². The maximum Gasteiger partial charge on any atom is 0.303 e. The maximum atomic E-state index is 12.5. The van der Waals surface area contributed by atoms with Crippen LogP contribution in [0.3, 0.4) is 0 Å². The highest BCUT2D eigenvalue weighted by Gasteiger charge is 2.09. The van der Waals surface area contributed by atoms with E-state index in [0.29, 0.717) is 17.9 Å². The molecule has 1 heterocycles. The predicted molar refractivity (Wildman–Crippen MR) is 115 cm³/mol. The lowest BCUT2D eigenvalue weighted by molar-refractivity contribution is -0.136. The average Bonchev–Trinajstić information content (AvgIpc) is 2.73. The summed E-state index contributed by atoms with van der Waals surface area (Å²) in [6, 6.07) is 15.3. The second kappa shape index (κ2) is 9.75. The van der Waals surface area contributed by atoms with Crippen molar-refractivity contribution in [3.63, 3.8) is 0 Å². The number of nitrogens with zero attached hydrogens (tertiary/aromatic N) is 3. The fourth-order valence-corrected chi connectivity index (χ4v) is 2.78. The Kier molecular flexibility index (Phi) is 6.87. The molecule has 0 aliphatic heterocycles. The quantitative estimate of drug-likeness (QED) is 0.425. The predicted octanol–water partition coefficient (Wildman–Crippen LogP) is 3.09. The molecule has 0 aliphatic carbocycles. The third kappa shape index (κ3) is 5.48. The van der Waals surface area contributed by atoms with Crippen molar-refractivity contribution in [3.8, 4) is 5.75 Å². The van der Waals surface area contributed by atoms with Gasteiger partial charge in [-0.1, -0.05) is 42.0 Å². The van der Waals surface area contributed by atoms with Gasteiger partial charge in [0.2, 0.25) is 4.77 Å². The van der Waals surface area contributed by atoms with Gasteiger partial charge in [0.05, 0.1) is 12.6 Å². The summed E-state index contributed by atoms with van der Waals surface area (Å²) in [6.07, 6.45) is 1.23. The van der Waals surface area contributed by atoms with Crippen LogP contribution >= 0.6 is 12.2 Å². The topological polar surface area (TPSA) is 110 Å². The Morgan fingerprint density at radius 2 is 2.00 bits per heavy atom. The summed E-state index contributed by atoms with van der Waals surface area (Å²) in [4.78, 5) is 23.3. The van der Waals surface area contributed by atoms with Crippen LogP contribution in [-0.2, 0) is 17.8 Å². The summed E-state index contributed by atoms with van der Waals surface area (Å²) in [5, 5.41) is 19.3. The standard InChI is InChI=1S/C21H20N4O4S/c1-14-6-8-15(9-7-14)13-29-18-5-3-2-4-16(18)12-22-25-20(28)17(10-11-19(26)27)23-24-21(25)30/h2-9,12H,10-11,13H2,1H3,(H,24,30)(H,26,27)/b22-12-. The minimum absolute atomic E-state index is 0.00776. The summed E-state index contributed by atoms with van der Waals surface area (Å²) < 4.78 is 6.90. The van der Waals surface area contributed by atoms with Crippen LogP contribution in [0, 0.1) is 11.7 Å². The molecule has 2 N–H and O–H groups in total. The number of aromatic nitrogens is 3. The maximum absolute atomic E-state index is 12.5. The molecule has 0 aliphatic rings. The largest absolute Gasteiger partial charge is 0.488 e. The van der Waals surface area contributed by atoms with Crippen molar-refractivity contribution in [2.75, 3.05) is 0 Å². The molecule has 0 saturated carbocycles. The minimum Gasteiger partial charge on any atom is -0.488 e. The number of para-hydroxylation sites is 1. The van der Waals surface area contributed by atoms with Gasteiger partial charge in [-0.15, -0.1) is 0 Å². The molecule has 0 unspecified atom stereocenters. The molecule has 0 saturated heterocycles. The first kappa shape index (κ1) is 21.1. The van der Waals surface area contributed by atoms with Gasteiger partial charge in [-0.25, -0.2) is 0 Å². The van der Waals surface area contributed by atoms with E-state index in [1.807, 2.05) is 49.4 Å². The first-order chi connectivity index (χ1) is 14.4. The van der Waals surface area contributed by atoms with Gasteiger partial charge in [-0.2, -0.15) is 14.9 Å². The molecule has 8 nitrogen and oxygen atoms in total. The van der Waals surface area contributed by atoms with Crippen LogP contribution in [0.1, 0.15) is 28.8 Å². The summed E-state index contributed by atoms with van der Waals surface area (Å²) in [7, 11) is 0. The van der Waals surface area contributed by atoms with Gasteiger partial charge >= 0.3 is 5.97 Å². The SMILES string of the molecule is Cc1ccc(COc2ccccc2/C=N\n2c(=S)[nH]nc(CCC(=O)O)c2=O)cc1. The van der Waals surface area contributed by atoms with Gasteiger partial charge in [0.1, 0.15) is 18.1 Å². The molecule has 1 aromatic heterocycles. The number of aliphatic carboxylic acids is 1. The van der Waals surface area contributed by atoms with E-state index in [4.69, 9.17) is 22.1 Å². The van der Waals surface area contributed by atoms with Crippen molar-refractivity contribution in [2.24, 2.45) is 5.10 Å². The van der Waals surface area contributed by atoms with Gasteiger partial charge < -0.3 is 9.84 Å². The number of hydrogen-bond acceptors (Lipinski definition) is 6. The van der Waals surface area contributed by atoms with Crippen LogP contribution in [0.15, 0.2) is 58.4 Å². The van der Waals surface area contributed by atoms with E-state index < -0.39 is 11.5 Å². The Morgan fingerprint density at radius 1 is 1.27 bits per heavy atom. The van der Waals surface area contributed by atoms with E-state index in [2.05, 4.69) is 15.3 Å². The number of carbonyl (C=O) groups is 1. The van der Waals surface area contributed by atoms with Crippen molar-refractivity contribution in [2.45, 2.75) is 26.4 Å². The molecule has 0 radical (unpaired) electrons. The third-order valence-corrected chi connectivity index (χ3v) is 4.50. The van der Waals surface area contributed by atoms with E-state index in [-0.39, 0.29) is 23.3 Å². The highest BCUT2D eigenvalue weighted by molar-refractivity contribution is 7.71. The average molecular weight is 424 g/mol. The van der Waals surface area contributed by atoms with Crippen LogP contribution in [-0.4, -0.2) is 32.2 Å². The van der Waals surface area contributed by atoms with Crippen LogP contribution in [0.4, 0.5) is 0 Å². The molecule has 0 atom stereocenters. The third-order valence-electron chi connectivity index (χ3n) is 4.24. The van der Waals surface area contributed by atoms with E-state index in [1.54, 1.807) is 6.07 Å². The van der Waals surface area contributed by atoms with Crippen LogP contribution in [0.5, 0.6) is 5.75 Å². The zero-order valence-electron chi connectivity index (χ0n) is 16.2. The van der Waals surface area contributed by atoms with Gasteiger partial charge in [-0.05, 0) is 36.8 Å². The fourth-order valence-electron chi connectivity index (χ4n) is 2.60. The molecule has 2 aromatic carbocycles. The van der Waals surface area contributed by atoms with Gasteiger partial charge in [0.25, 0.3) is 5.56 Å². The number of ether oxygens (including phenoxy) is 1. The molecule has 0 amide bonds. The number of benzene rings is 2. The molecule has 154 valence electrons. The van der Waals surface area contributed by atoms with Gasteiger partial charge in [0, 0.05) is 12.0 Å². The normalized spacial score (nSPS) is 11.0. The Morgan fingerprint density at radius 3 is 2.73 bits per heavy atom. The second-order valence-corrected chi connectivity index (χ2v) is 6.93. The number of aromatic amines is 1. The van der Waals surface area contributed by atoms with Gasteiger partial charge in [0.15, 0.2) is 0 Å². The molecule has 9 heteroatoms. The fraction of sp³-hybridized carbons (Fsp3) is 0.190. The lowest BCUT2D eigenvalue weighted by Crippen LogP contribution is -2.25. The highest BCUT2D eigenvalue weighted by Crippen LogP contribution is 2.18. The monoisotopic (exact) mass is 424 g/mol. The molecule has 3 rings (SSSR count). The van der Waals surface area contributed by atoms with Crippen molar-refractivity contribution < 1.29 is 14.6 Å². The Bertz CT molecular complexity index is 1180. The zero-order valence-corrected chi connectivity index (χ0v) is 17.1. The first-order valence-electron chi connectivity index (χ1n) is 9.18. The summed E-state index contributed by atoms with van der Waals surface area (Å²) in [5.41, 5.74) is 2.35. The Hall–Kier alpha value is -3.59. The van der Waals surface area contributed by atoms with Crippen LogP contribution in [0.2, 0.25) is 0 Å². The number of nitrogens with one attached hydrogen (secondary N) is 1. The number of H-pyrrole nitrogens is 1. The van der Waals surface area contributed by atoms with Crippen molar-refractivity contribution in [3.05, 3.63) is 86.0 Å². The van der Waals surface area contributed by atoms with Gasteiger partial charge in [-0.3, -0.25) is 14.7 Å². The molecule has 3 aromatic rings. The lowest BCUT2D eigenvalue weighted by atomic mass is 10.1.